The van der Waals surface area contributed by atoms with Gasteiger partial charge in [0.25, 0.3) is 5.91 Å². The molecule has 0 atom stereocenters. The summed E-state index contributed by atoms with van der Waals surface area (Å²) in [5.41, 5.74) is 4.23. The second-order valence-corrected chi connectivity index (χ2v) is 8.22. The fourth-order valence-electron chi connectivity index (χ4n) is 4.28. The molecule has 2 aromatic rings. The van der Waals surface area contributed by atoms with E-state index in [9.17, 15) is 9.59 Å². The number of hydrogen-bond donors (Lipinski definition) is 2. The van der Waals surface area contributed by atoms with Gasteiger partial charge in [-0.05, 0) is 73.1 Å². The summed E-state index contributed by atoms with van der Waals surface area (Å²) < 4.78 is 0. The first-order chi connectivity index (χ1) is 14.7. The standard InChI is InChI=1S/C24H30N4O2/c29-23(17-27-24(30)21-9-8-19-6-5-7-20(19)15-21)26-16-18-10-11-25-22(14-18)28-12-3-1-2-4-13-28/h8-11,14-15H,1-7,12-13,16-17H2,(H,26,29)(H,27,30). The van der Waals surface area contributed by atoms with Crippen LogP contribution in [0.15, 0.2) is 36.5 Å². The van der Waals surface area contributed by atoms with E-state index in [0.717, 1.165) is 43.7 Å². The van der Waals surface area contributed by atoms with Gasteiger partial charge in [-0.1, -0.05) is 18.9 Å². The average Bonchev–Trinajstić information content (AvgIpc) is 3.08. The van der Waals surface area contributed by atoms with Crippen LogP contribution in [0.5, 0.6) is 0 Å². The third kappa shape index (κ3) is 5.17. The van der Waals surface area contributed by atoms with Gasteiger partial charge in [0.2, 0.25) is 5.91 Å². The van der Waals surface area contributed by atoms with E-state index < -0.39 is 0 Å². The number of carbonyl (C=O) groups is 2. The van der Waals surface area contributed by atoms with Gasteiger partial charge in [0.1, 0.15) is 5.82 Å². The second-order valence-electron chi connectivity index (χ2n) is 8.22. The Labute approximate surface area is 178 Å². The van der Waals surface area contributed by atoms with E-state index in [4.69, 9.17) is 0 Å². The highest BCUT2D eigenvalue weighted by atomic mass is 16.2. The third-order valence-electron chi connectivity index (χ3n) is 6.00. The van der Waals surface area contributed by atoms with E-state index in [-0.39, 0.29) is 18.4 Å². The van der Waals surface area contributed by atoms with Crippen molar-refractivity contribution < 1.29 is 9.59 Å². The topological polar surface area (TPSA) is 74.3 Å². The van der Waals surface area contributed by atoms with Gasteiger partial charge in [-0.2, -0.15) is 0 Å². The van der Waals surface area contributed by atoms with Crippen molar-refractivity contribution in [3.63, 3.8) is 0 Å². The fraction of sp³-hybridized carbons (Fsp3) is 0.458. The number of aromatic nitrogens is 1. The highest BCUT2D eigenvalue weighted by Crippen LogP contribution is 2.22. The number of amides is 2. The Morgan fingerprint density at radius 3 is 2.53 bits per heavy atom. The highest BCUT2D eigenvalue weighted by molar-refractivity contribution is 5.96. The molecule has 2 N–H and O–H groups in total. The van der Waals surface area contributed by atoms with Crippen molar-refractivity contribution in [1.82, 2.24) is 15.6 Å². The number of carbonyl (C=O) groups excluding carboxylic acids is 2. The minimum atomic E-state index is -0.202. The van der Waals surface area contributed by atoms with Gasteiger partial charge >= 0.3 is 0 Å². The lowest BCUT2D eigenvalue weighted by Crippen LogP contribution is -2.36. The van der Waals surface area contributed by atoms with E-state index in [1.807, 2.05) is 24.3 Å². The molecule has 6 heteroatoms. The van der Waals surface area contributed by atoms with Gasteiger partial charge in [0, 0.05) is 31.4 Å². The number of hydrogen-bond acceptors (Lipinski definition) is 4. The Balaban J connectivity index is 1.25. The summed E-state index contributed by atoms with van der Waals surface area (Å²) in [6.45, 7) is 2.48. The van der Waals surface area contributed by atoms with Crippen LogP contribution in [0.4, 0.5) is 5.82 Å². The van der Waals surface area contributed by atoms with Crippen LogP contribution in [0.25, 0.3) is 0 Å². The molecule has 30 heavy (non-hydrogen) atoms. The number of rotatable bonds is 6. The van der Waals surface area contributed by atoms with E-state index in [1.165, 1.54) is 36.8 Å². The third-order valence-corrected chi connectivity index (χ3v) is 6.00. The Kier molecular flexibility index (Phi) is 6.62. The fourth-order valence-corrected chi connectivity index (χ4v) is 4.28. The summed E-state index contributed by atoms with van der Waals surface area (Å²) >= 11 is 0. The monoisotopic (exact) mass is 406 g/mol. The summed E-state index contributed by atoms with van der Waals surface area (Å²) in [7, 11) is 0. The molecule has 6 nitrogen and oxygen atoms in total. The van der Waals surface area contributed by atoms with Gasteiger partial charge in [0.05, 0.1) is 6.54 Å². The molecule has 1 fully saturated rings. The maximum absolute atomic E-state index is 12.4. The van der Waals surface area contributed by atoms with Crippen LogP contribution < -0.4 is 15.5 Å². The van der Waals surface area contributed by atoms with E-state index in [1.54, 1.807) is 6.20 Å². The maximum atomic E-state index is 12.4. The summed E-state index contributed by atoms with van der Waals surface area (Å²) in [5.74, 6) is 0.582. The van der Waals surface area contributed by atoms with Crippen LogP contribution in [0, 0.1) is 0 Å². The van der Waals surface area contributed by atoms with E-state index in [2.05, 4.69) is 26.6 Å². The van der Waals surface area contributed by atoms with Gasteiger partial charge in [0.15, 0.2) is 0 Å². The molecule has 1 aliphatic carbocycles. The summed E-state index contributed by atoms with van der Waals surface area (Å²) in [6, 6.07) is 9.80. The molecule has 2 amide bonds. The van der Waals surface area contributed by atoms with Gasteiger partial charge in [-0.15, -0.1) is 0 Å². The number of nitrogens with zero attached hydrogens (tertiary/aromatic N) is 2. The molecule has 158 valence electrons. The van der Waals surface area contributed by atoms with Crippen LogP contribution in [0.2, 0.25) is 0 Å². The average molecular weight is 407 g/mol. The summed E-state index contributed by atoms with van der Waals surface area (Å²) in [5, 5.41) is 5.61. The SMILES string of the molecule is O=C(CNC(=O)c1ccc2c(c1)CCC2)NCc1ccnc(N2CCCCCC2)c1. The van der Waals surface area contributed by atoms with Crippen LogP contribution in [-0.4, -0.2) is 36.4 Å². The molecule has 1 saturated heterocycles. The molecule has 1 aliphatic heterocycles. The minimum Gasteiger partial charge on any atom is -0.357 e. The Morgan fingerprint density at radius 2 is 1.70 bits per heavy atom. The van der Waals surface area contributed by atoms with E-state index >= 15 is 0 Å². The molecule has 0 radical (unpaired) electrons. The molecule has 0 unspecified atom stereocenters. The van der Waals surface area contributed by atoms with Crippen LogP contribution in [0.1, 0.15) is 59.2 Å². The lowest BCUT2D eigenvalue weighted by atomic mass is 10.1. The van der Waals surface area contributed by atoms with Crippen molar-refractivity contribution >= 4 is 17.6 Å². The number of pyridine rings is 1. The molecular formula is C24H30N4O2. The Bertz CT molecular complexity index is 904. The molecule has 2 heterocycles. The first-order valence-electron chi connectivity index (χ1n) is 11.1. The molecule has 0 spiro atoms. The molecule has 2 aliphatic rings. The van der Waals surface area contributed by atoms with Crippen molar-refractivity contribution in [3.05, 3.63) is 58.8 Å². The molecule has 0 saturated carbocycles. The zero-order chi connectivity index (χ0) is 20.8. The van der Waals surface area contributed by atoms with E-state index in [0.29, 0.717) is 12.1 Å². The van der Waals surface area contributed by atoms with Crippen LogP contribution in [0.3, 0.4) is 0 Å². The first kappa shape index (κ1) is 20.4. The van der Waals surface area contributed by atoms with Gasteiger partial charge in [-0.25, -0.2) is 4.98 Å². The van der Waals surface area contributed by atoms with Crippen LogP contribution in [-0.2, 0) is 24.2 Å². The summed E-state index contributed by atoms with van der Waals surface area (Å²) in [4.78, 5) is 31.4. The number of benzene rings is 1. The predicted octanol–water partition coefficient (Wildman–Crippen LogP) is 3.00. The van der Waals surface area contributed by atoms with Crippen molar-refractivity contribution in [1.29, 1.82) is 0 Å². The first-order valence-corrected chi connectivity index (χ1v) is 11.1. The number of aryl methyl sites for hydroxylation is 2. The van der Waals surface area contributed by atoms with Crippen molar-refractivity contribution in [2.75, 3.05) is 24.5 Å². The number of anilines is 1. The summed E-state index contributed by atoms with van der Waals surface area (Å²) in [6.07, 6.45) is 10.0. The van der Waals surface area contributed by atoms with Crippen LogP contribution >= 0.6 is 0 Å². The smallest absolute Gasteiger partial charge is 0.251 e. The largest absolute Gasteiger partial charge is 0.357 e. The number of nitrogens with one attached hydrogen (secondary N) is 2. The lowest BCUT2D eigenvalue weighted by Gasteiger charge is -2.21. The zero-order valence-electron chi connectivity index (χ0n) is 17.5. The predicted molar refractivity (Wildman–Crippen MR) is 118 cm³/mol. The quantitative estimate of drug-likeness (QED) is 0.773. The minimum absolute atomic E-state index is 0.0278. The van der Waals surface area contributed by atoms with Crippen molar-refractivity contribution in [3.8, 4) is 0 Å². The maximum Gasteiger partial charge on any atom is 0.251 e. The molecule has 1 aromatic carbocycles. The highest BCUT2D eigenvalue weighted by Gasteiger charge is 2.15. The normalized spacial score (nSPS) is 15.9. The van der Waals surface area contributed by atoms with Crippen molar-refractivity contribution in [2.45, 2.75) is 51.5 Å². The van der Waals surface area contributed by atoms with Crippen molar-refractivity contribution in [2.24, 2.45) is 0 Å². The lowest BCUT2D eigenvalue weighted by molar-refractivity contribution is -0.120. The molecule has 0 bridgehead atoms. The second kappa shape index (κ2) is 9.74. The molecule has 4 rings (SSSR count). The zero-order valence-corrected chi connectivity index (χ0v) is 17.5. The number of fused-ring (bicyclic) bond motifs is 1. The Morgan fingerprint density at radius 1 is 0.900 bits per heavy atom. The molecule has 1 aromatic heterocycles. The van der Waals surface area contributed by atoms with Gasteiger partial charge in [-0.3, -0.25) is 9.59 Å². The Hall–Kier alpha value is -2.89. The molecular weight excluding hydrogens is 376 g/mol. The van der Waals surface area contributed by atoms with Gasteiger partial charge < -0.3 is 15.5 Å².